The van der Waals surface area contributed by atoms with Gasteiger partial charge in [0.2, 0.25) is 0 Å². The lowest BCUT2D eigenvalue weighted by Gasteiger charge is -2.10. The van der Waals surface area contributed by atoms with Crippen LogP contribution in [-0.2, 0) is 7.05 Å². The van der Waals surface area contributed by atoms with E-state index in [-0.39, 0.29) is 33.5 Å². The molecule has 2 aromatic heterocycles. The van der Waals surface area contributed by atoms with Gasteiger partial charge in [0.05, 0.1) is 17.1 Å². The van der Waals surface area contributed by atoms with Gasteiger partial charge >= 0.3 is 0 Å². The third kappa shape index (κ3) is 4.20. The van der Waals surface area contributed by atoms with Crippen molar-refractivity contribution in [1.29, 1.82) is 0 Å². The van der Waals surface area contributed by atoms with Gasteiger partial charge in [-0.1, -0.05) is 29.8 Å². The number of carbonyl (C=O) groups excluding carboxylic acids is 2. The molecule has 0 aliphatic heterocycles. The van der Waals surface area contributed by atoms with Gasteiger partial charge in [0.25, 0.3) is 11.5 Å². The molecule has 8 nitrogen and oxygen atoms in total. The Kier molecular flexibility index (Phi) is 6.29. The van der Waals surface area contributed by atoms with E-state index in [1.165, 1.54) is 29.1 Å². The quantitative estimate of drug-likeness (QED) is 0.409. The molecule has 10 heteroatoms. The van der Waals surface area contributed by atoms with Crippen LogP contribution in [0.3, 0.4) is 0 Å². The second-order valence-electron chi connectivity index (χ2n) is 7.26. The number of nitrogens with one attached hydrogen (secondary N) is 1. The van der Waals surface area contributed by atoms with E-state index in [0.717, 1.165) is 6.07 Å². The fourth-order valence-corrected chi connectivity index (χ4v) is 3.60. The molecular formula is C24H18ClFN4O4. The number of anilines is 1. The minimum atomic E-state index is -0.788. The van der Waals surface area contributed by atoms with Crippen LogP contribution in [0.1, 0.15) is 26.5 Å². The molecule has 1 amide bonds. The highest BCUT2D eigenvalue weighted by molar-refractivity contribution is 6.34. The Balaban J connectivity index is 1.59. The number of para-hydroxylation sites is 1. The van der Waals surface area contributed by atoms with Crippen LogP contribution in [0.5, 0.6) is 11.5 Å². The third-order valence-electron chi connectivity index (χ3n) is 5.19. The average Bonchev–Trinajstić information content (AvgIpc) is 3.05. The number of aldehydes is 1. The maximum atomic E-state index is 14.7. The van der Waals surface area contributed by atoms with Crippen molar-refractivity contribution in [3.8, 4) is 17.2 Å². The zero-order valence-corrected chi connectivity index (χ0v) is 18.8. The summed E-state index contributed by atoms with van der Waals surface area (Å²) in [4.78, 5) is 40.7. The molecule has 0 saturated heterocycles. The van der Waals surface area contributed by atoms with E-state index < -0.39 is 17.3 Å². The van der Waals surface area contributed by atoms with Crippen LogP contribution in [0.15, 0.2) is 65.6 Å². The van der Waals surface area contributed by atoms with Gasteiger partial charge < -0.3 is 10.1 Å². The second-order valence-corrected chi connectivity index (χ2v) is 7.64. The van der Waals surface area contributed by atoms with Crippen LogP contribution in [0.2, 0.25) is 5.02 Å². The molecule has 34 heavy (non-hydrogen) atoms. The van der Waals surface area contributed by atoms with E-state index >= 15 is 0 Å². The SMILES string of the molecule is Cc1c(C(=O)Nc2ccc(Oc3ccnc(C=O)c3Cl)cc2F)c(=O)n(-c2ccccc2)n1C. The number of nitrogens with zero attached hydrogens (tertiary/aromatic N) is 3. The highest BCUT2D eigenvalue weighted by Gasteiger charge is 2.23. The molecule has 0 fully saturated rings. The molecule has 4 aromatic rings. The number of ether oxygens (including phenoxy) is 1. The topological polar surface area (TPSA) is 95.2 Å². The van der Waals surface area contributed by atoms with Gasteiger partial charge in [0.15, 0.2) is 6.29 Å². The summed E-state index contributed by atoms with van der Waals surface area (Å²) >= 11 is 6.05. The highest BCUT2D eigenvalue weighted by atomic mass is 35.5. The standard InChI is InChI=1S/C24H18ClFN4O4/c1-14-21(24(33)30(29(14)2)15-6-4-3-5-7-15)23(32)28-18-9-8-16(12-17(18)26)34-20-10-11-27-19(13-31)22(20)25/h3-13H,1-2H3,(H,28,32). The monoisotopic (exact) mass is 480 g/mol. The van der Waals surface area contributed by atoms with Gasteiger partial charge in [-0.2, -0.15) is 0 Å². The van der Waals surface area contributed by atoms with E-state index in [0.29, 0.717) is 17.7 Å². The van der Waals surface area contributed by atoms with Crippen LogP contribution in [0, 0.1) is 12.7 Å². The number of carbonyl (C=O) groups is 2. The van der Waals surface area contributed by atoms with Crippen LogP contribution in [0.25, 0.3) is 5.69 Å². The lowest BCUT2D eigenvalue weighted by Crippen LogP contribution is -2.25. The molecule has 172 valence electrons. The van der Waals surface area contributed by atoms with Crippen LogP contribution < -0.4 is 15.6 Å². The van der Waals surface area contributed by atoms with Crippen LogP contribution in [0.4, 0.5) is 10.1 Å². The maximum Gasteiger partial charge on any atom is 0.284 e. The van der Waals surface area contributed by atoms with Gasteiger partial charge in [0.1, 0.15) is 33.6 Å². The molecule has 0 unspecified atom stereocenters. The number of hydrogen-bond donors (Lipinski definition) is 1. The number of rotatable bonds is 6. The predicted octanol–water partition coefficient (Wildman–Crippen LogP) is 4.53. The Bertz CT molecular complexity index is 1460. The summed E-state index contributed by atoms with van der Waals surface area (Å²) in [6.07, 6.45) is 1.81. The van der Waals surface area contributed by atoms with Crippen molar-refractivity contribution >= 4 is 29.5 Å². The van der Waals surface area contributed by atoms with Crippen LogP contribution >= 0.6 is 11.6 Å². The molecular weight excluding hydrogens is 463 g/mol. The predicted molar refractivity (Wildman–Crippen MR) is 125 cm³/mol. The van der Waals surface area contributed by atoms with E-state index in [1.54, 1.807) is 42.9 Å². The van der Waals surface area contributed by atoms with Gasteiger partial charge in [-0.05, 0) is 31.2 Å². The number of hydrogen-bond acceptors (Lipinski definition) is 5. The number of benzene rings is 2. The third-order valence-corrected chi connectivity index (χ3v) is 5.57. The summed E-state index contributed by atoms with van der Waals surface area (Å²) < 4.78 is 23.2. The molecule has 0 radical (unpaired) electrons. The smallest absolute Gasteiger partial charge is 0.284 e. The number of pyridine rings is 1. The molecule has 0 atom stereocenters. The molecule has 1 N–H and O–H groups in total. The van der Waals surface area contributed by atoms with Gasteiger partial charge in [-0.15, -0.1) is 0 Å². The molecule has 2 heterocycles. The second kappa shape index (κ2) is 9.32. The normalized spacial score (nSPS) is 10.7. The fraction of sp³-hybridized carbons (Fsp3) is 0.0833. The molecule has 0 aliphatic carbocycles. The van der Waals surface area contributed by atoms with Gasteiger partial charge in [-0.25, -0.2) is 9.07 Å². The summed E-state index contributed by atoms with van der Waals surface area (Å²) in [5.74, 6) is -1.32. The Morgan fingerprint density at radius 2 is 1.91 bits per heavy atom. The number of amides is 1. The highest BCUT2D eigenvalue weighted by Crippen LogP contribution is 2.31. The van der Waals surface area contributed by atoms with Crippen molar-refractivity contribution in [1.82, 2.24) is 14.3 Å². The van der Waals surface area contributed by atoms with Crippen molar-refractivity contribution < 1.29 is 18.7 Å². The first-order chi connectivity index (χ1) is 16.3. The van der Waals surface area contributed by atoms with Crippen LogP contribution in [-0.4, -0.2) is 26.5 Å². The Morgan fingerprint density at radius 1 is 1.18 bits per heavy atom. The van der Waals surface area contributed by atoms with E-state index in [9.17, 15) is 18.8 Å². The zero-order valence-electron chi connectivity index (χ0n) is 18.1. The summed E-state index contributed by atoms with van der Waals surface area (Å²) in [5, 5.41) is 2.43. The minimum Gasteiger partial charge on any atom is -0.456 e. The summed E-state index contributed by atoms with van der Waals surface area (Å²) in [7, 11) is 1.66. The number of halogens is 2. The van der Waals surface area contributed by atoms with Gasteiger partial charge in [-0.3, -0.25) is 24.0 Å². The van der Waals surface area contributed by atoms with Gasteiger partial charge in [0, 0.05) is 25.4 Å². The van der Waals surface area contributed by atoms with Crippen molar-refractivity contribution in [2.75, 3.05) is 5.32 Å². The fourth-order valence-electron chi connectivity index (χ4n) is 3.40. The number of aromatic nitrogens is 3. The van der Waals surface area contributed by atoms with E-state index in [4.69, 9.17) is 16.3 Å². The summed E-state index contributed by atoms with van der Waals surface area (Å²) in [5.41, 5.74) is 0.240. The van der Waals surface area contributed by atoms with Crippen molar-refractivity contribution in [2.45, 2.75) is 6.92 Å². The van der Waals surface area contributed by atoms with E-state index in [1.807, 2.05) is 6.07 Å². The first-order valence-corrected chi connectivity index (χ1v) is 10.4. The Hall–Kier alpha value is -4.24. The van der Waals surface area contributed by atoms with Crippen molar-refractivity contribution in [3.05, 3.63) is 98.9 Å². The largest absolute Gasteiger partial charge is 0.456 e. The van der Waals surface area contributed by atoms with Crippen molar-refractivity contribution in [2.24, 2.45) is 7.05 Å². The molecule has 0 bridgehead atoms. The molecule has 4 rings (SSSR count). The molecule has 0 spiro atoms. The average molecular weight is 481 g/mol. The lowest BCUT2D eigenvalue weighted by atomic mass is 10.2. The molecule has 0 saturated carbocycles. The minimum absolute atomic E-state index is 0.00969. The maximum absolute atomic E-state index is 14.7. The summed E-state index contributed by atoms with van der Waals surface area (Å²) in [6, 6.07) is 14.1. The molecule has 0 aliphatic rings. The first-order valence-electron chi connectivity index (χ1n) is 10.0. The van der Waals surface area contributed by atoms with E-state index in [2.05, 4.69) is 10.3 Å². The molecule has 2 aromatic carbocycles. The zero-order chi connectivity index (χ0) is 24.4. The lowest BCUT2D eigenvalue weighted by molar-refractivity contribution is 0.102. The summed E-state index contributed by atoms with van der Waals surface area (Å²) in [6.45, 7) is 1.63. The first kappa shape index (κ1) is 22.9. The Morgan fingerprint density at radius 3 is 2.59 bits per heavy atom. The Labute approximate surface area is 198 Å². The van der Waals surface area contributed by atoms with Crippen molar-refractivity contribution in [3.63, 3.8) is 0 Å².